The second-order valence-electron chi connectivity index (χ2n) is 5.57. The van der Waals surface area contributed by atoms with Gasteiger partial charge in [-0.05, 0) is 49.3 Å². The van der Waals surface area contributed by atoms with Gasteiger partial charge in [0.05, 0.1) is 7.11 Å². The third kappa shape index (κ3) is 2.77. The molecular formula is C16H25NOS. The third-order valence-electron chi connectivity index (χ3n) is 4.49. The summed E-state index contributed by atoms with van der Waals surface area (Å²) in [7, 11) is 1.75. The first kappa shape index (κ1) is 14.7. The molecule has 0 aromatic heterocycles. The fourth-order valence-corrected chi connectivity index (χ4v) is 4.07. The van der Waals surface area contributed by atoms with Gasteiger partial charge in [-0.2, -0.15) is 0 Å². The zero-order chi connectivity index (χ0) is 13.9. The maximum Gasteiger partial charge on any atom is 0.122 e. The number of aryl methyl sites for hydroxylation is 1. The number of thioether (sulfide) groups is 1. The summed E-state index contributed by atoms with van der Waals surface area (Å²) in [4.78, 5) is 1.37. The SMILES string of the molecule is COc1cc(C2(CN)CCCCC2)c(SC)cc1C. The van der Waals surface area contributed by atoms with Crippen LogP contribution in [-0.4, -0.2) is 19.9 Å². The van der Waals surface area contributed by atoms with Gasteiger partial charge < -0.3 is 10.5 Å². The smallest absolute Gasteiger partial charge is 0.122 e. The fourth-order valence-electron chi connectivity index (χ4n) is 3.28. The fraction of sp³-hybridized carbons (Fsp3) is 0.625. The maximum atomic E-state index is 6.17. The summed E-state index contributed by atoms with van der Waals surface area (Å²) in [6, 6.07) is 4.49. The van der Waals surface area contributed by atoms with E-state index in [0.717, 1.165) is 12.3 Å². The monoisotopic (exact) mass is 279 g/mol. The van der Waals surface area contributed by atoms with E-state index in [9.17, 15) is 0 Å². The number of benzene rings is 1. The molecular weight excluding hydrogens is 254 g/mol. The Morgan fingerprint density at radius 1 is 1.26 bits per heavy atom. The maximum absolute atomic E-state index is 6.17. The van der Waals surface area contributed by atoms with Gasteiger partial charge in [0.15, 0.2) is 0 Å². The summed E-state index contributed by atoms with van der Waals surface area (Å²) >= 11 is 1.83. The molecule has 3 heteroatoms. The molecule has 0 unspecified atom stereocenters. The molecule has 1 aromatic rings. The first-order valence-corrected chi connectivity index (χ1v) is 8.32. The molecule has 1 aliphatic rings. The Balaban J connectivity index is 2.51. The Morgan fingerprint density at radius 2 is 1.95 bits per heavy atom. The molecule has 1 aliphatic carbocycles. The molecule has 0 amide bonds. The van der Waals surface area contributed by atoms with E-state index in [1.165, 1.54) is 48.1 Å². The van der Waals surface area contributed by atoms with Gasteiger partial charge >= 0.3 is 0 Å². The van der Waals surface area contributed by atoms with E-state index in [4.69, 9.17) is 10.5 Å². The Bertz CT molecular complexity index is 439. The van der Waals surface area contributed by atoms with E-state index in [-0.39, 0.29) is 5.41 Å². The lowest BCUT2D eigenvalue weighted by Gasteiger charge is -2.38. The van der Waals surface area contributed by atoms with Crippen LogP contribution in [0.4, 0.5) is 0 Å². The van der Waals surface area contributed by atoms with Crippen LogP contribution < -0.4 is 10.5 Å². The predicted octanol–water partition coefficient (Wildman–Crippen LogP) is 3.89. The van der Waals surface area contributed by atoms with Crippen molar-refractivity contribution in [1.82, 2.24) is 0 Å². The Kier molecular flexibility index (Phi) is 4.80. The van der Waals surface area contributed by atoms with Crippen molar-refractivity contribution < 1.29 is 4.74 Å². The number of methoxy groups -OCH3 is 1. The highest BCUT2D eigenvalue weighted by atomic mass is 32.2. The van der Waals surface area contributed by atoms with Gasteiger partial charge in [0.1, 0.15) is 5.75 Å². The van der Waals surface area contributed by atoms with Gasteiger partial charge in [0.2, 0.25) is 0 Å². The van der Waals surface area contributed by atoms with Crippen LogP contribution >= 0.6 is 11.8 Å². The Labute approximate surface area is 121 Å². The van der Waals surface area contributed by atoms with Crippen molar-refractivity contribution in [2.45, 2.75) is 49.3 Å². The van der Waals surface area contributed by atoms with Crippen LogP contribution in [0.3, 0.4) is 0 Å². The molecule has 0 aliphatic heterocycles. The first-order chi connectivity index (χ1) is 9.16. The third-order valence-corrected chi connectivity index (χ3v) is 5.27. The Morgan fingerprint density at radius 3 is 2.47 bits per heavy atom. The number of hydrogen-bond donors (Lipinski definition) is 1. The normalized spacial score (nSPS) is 18.3. The van der Waals surface area contributed by atoms with E-state index in [2.05, 4.69) is 25.3 Å². The minimum atomic E-state index is 0.164. The number of nitrogens with two attached hydrogens (primary N) is 1. The van der Waals surface area contributed by atoms with Gasteiger partial charge in [0.25, 0.3) is 0 Å². The van der Waals surface area contributed by atoms with E-state index in [1.807, 2.05) is 11.8 Å². The minimum Gasteiger partial charge on any atom is -0.496 e. The first-order valence-electron chi connectivity index (χ1n) is 7.10. The molecule has 2 nitrogen and oxygen atoms in total. The standard InChI is InChI=1S/C16H25NOS/c1-12-9-15(19-3)13(10-14(12)18-2)16(11-17)7-5-4-6-8-16/h9-10H,4-8,11,17H2,1-3H3. The molecule has 0 heterocycles. The number of hydrogen-bond acceptors (Lipinski definition) is 3. The number of ether oxygens (including phenoxy) is 1. The van der Waals surface area contributed by atoms with E-state index in [0.29, 0.717) is 0 Å². The van der Waals surface area contributed by atoms with E-state index in [1.54, 1.807) is 7.11 Å². The molecule has 0 bridgehead atoms. The van der Waals surface area contributed by atoms with Crippen molar-refractivity contribution in [3.05, 3.63) is 23.3 Å². The zero-order valence-electron chi connectivity index (χ0n) is 12.3. The van der Waals surface area contributed by atoms with E-state index < -0.39 is 0 Å². The average Bonchev–Trinajstić information content (AvgIpc) is 2.47. The molecule has 0 saturated heterocycles. The zero-order valence-corrected chi connectivity index (χ0v) is 13.1. The summed E-state index contributed by atoms with van der Waals surface area (Å²) in [5, 5.41) is 0. The molecule has 106 valence electrons. The summed E-state index contributed by atoms with van der Waals surface area (Å²) in [6.45, 7) is 2.85. The summed E-state index contributed by atoms with van der Waals surface area (Å²) in [6.07, 6.45) is 8.51. The van der Waals surface area contributed by atoms with Crippen molar-refractivity contribution in [3.63, 3.8) is 0 Å². The van der Waals surface area contributed by atoms with Crippen LogP contribution in [0.25, 0.3) is 0 Å². The highest BCUT2D eigenvalue weighted by Crippen LogP contribution is 2.44. The molecule has 0 atom stereocenters. The van der Waals surface area contributed by atoms with Crippen LogP contribution in [0, 0.1) is 6.92 Å². The summed E-state index contributed by atoms with van der Waals surface area (Å²) < 4.78 is 5.52. The molecule has 0 radical (unpaired) electrons. The number of rotatable bonds is 4. The molecule has 1 saturated carbocycles. The van der Waals surface area contributed by atoms with Crippen LogP contribution in [0.2, 0.25) is 0 Å². The van der Waals surface area contributed by atoms with E-state index >= 15 is 0 Å². The highest BCUT2D eigenvalue weighted by Gasteiger charge is 2.34. The second-order valence-corrected chi connectivity index (χ2v) is 6.42. The molecule has 0 spiro atoms. The van der Waals surface area contributed by atoms with Crippen molar-refractivity contribution in [2.75, 3.05) is 19.9 Å². The van der Waals surface area contributed by atoms with Crippen molar-refractivity contribution in [1.29, 1.82) is 0 Å². The predicted molar refractivity (Wildman–Crippen MR) is 83.3 cm³/mol. The van der Waals surface area contributed by atoms with Crippen LogP contribution in [0.15, 0.2) is 17.0 Å². The highest BCUT2D eigenvalue weighted by molar-refractivity contribution is 7.98. The van der Waals surface area contributed by atoms with Crippen LogP contribution in [0.5, 0.6) is 5.75 Å². The van der Waals surface area contributed by atoms with Crippen molar-refractivity contribution in [2.24, 2.45) is 5.73 Å². The average molecular weight is 279 g/mol. The molecule has 19 heavy (non-hydrogen) atoms. The van der Waals surface area contributed by atoms with Crippen LogP contribution in [0.1, 0.15) is 43.2 Å². The Hall–Kier alpha value is -0.670. The second kappa shape index (κ2) is 6.19. The lowest BCUT2D eigenvalue weighted by atomic mass is 9.69. The topological polar surface area (TPSA) is 35.2 Å². The molecule has 2 N–H and O–H groups in total. The van der Waals surface area contributed by atoms with Gasteiger partial charge in [-0.15, -0.1) is 11.8 Å². The van der Waals surface area contributed by atoms with Gasteiger partial charge in [0, 0.05) is 16.9 Å². The largest absolute Gasteiger partial charge is 0.496 e. The minimum absolute atomic E-state index is 0.164. The van der Waals surface area contributed by atoms with Crippen molar-refractivity contribution >= 4 is 11.8 Å². The molecule has 1 fully saturated rings. The van der Waals surface area contributed by atoms with Gasteiger partial charge in [-0.1, -0.05) is 19.3 Å². The van der Waals surface area contributed by atoms with Crippen LogP contribution in [-0.2, 0) is 5.41 Å². The lowest BCUT2D eigenvalue weighted by molar-refractivity contribution is 0.295. The summed E-state index contributed by atoms with van der Waals surface area (Å²) in [5.74, 6) is 0.992. The quantitative estimate of drug-likeness (QED) is 0.849. The lowest BCUT2D eigenvalue weighted by Crippen LogP contribution is -2.37. The van der Waals surface area contributed by atoms with Crippen molar-refractivity contribution in [3.8, 4) is 5.75 Å². The van der Waals surface area contributed by atoms with Gasteiger partial charge in [-0.3, -0.25) is 0 Å². The molecule has 2 rings (SSSR count). The summed E-state index contributed by atoms with van der Waals surface area (Å²) in [5.41, 5.74) is 8.95. The molecule has 1 aromatic carbocycles. The van der Waals surface area contributed by atoms with Gasteiger partial charge in [-0.25, -0.2) is 0 Å².